The predicted octanol–water partition coefficient (Wildman–Crippen LogP) is 3.70. The van der Waals surface area contributed by atoms with E-state index < -0.39 is 0 Å². The number of aromatic nitrogens is 3. The van der Waals surface area contributed by atoms with E-state index in [1.807, 2.05) is 41.3 Å². The maximum atomic E-state index is 13.0. The van der Waals surface area contributed by atoms with Gasteiger partial charge in [0.15, 0.2) is 0 Å². The van der Waals surface area contributed by atoms with Crippen molar-refractivity contribution >= 4 is 5.91 Å². The molecule has 0 radical (unpaired) electrons. The van der Waals surface area contributed by atoms with Crippen molar-refractivity contribution in [2.45, 2.75) is 31.7 Å². The molecule has 1 amide bonds. The van der Waals surface area contributed by atoms with Crippen LogP contribution in [-0.4, -0.2) is 32.5 Å². The second kappa shape index (κ2) is 6.97. The van der Waals surface area contributed by atoms with Crippen LogP contribution in [0.5, 0.6) is 0 Å². The highest BCUT2D eigenvalue weighted by Gasteiger charge is 2.30. The number of carbonyl (C=O) groups excluding carboxylic acids is 1. The molecule has 1 aliphatic heterocycles. The van der Waals surface area contributed by atoms with Crippen LogP contribution in [0.15, 0.2) is 54.7 Å². The first kappa shape index (κ1) is 15.7. The highest BCUT2D eigenvalue weighted by Crippen LogP contribution is 2.30. The van der Waals surface area contributed by atoms with Crippen LogP contribution in [0.25, 0.3) is 0 Å². The number of likely N-dealkylation sites (tertiary alicyclic amines) is 1. The molecular formula is C20H22N4O. The summed E-state index contributed by atoms with van der Waals surface area (Å²) in [6, 6.07) is 16.2. The maximum absolute atomic E-state index is 13.0. The van der Waals surface area contributed by atoms with Crippen LogP contribution in [0.1, 0.15) is 52.7 Å². The standard InChI is InChI=1S/C20H22N4O/c25-20(24-13-5-4-8-19(24)17-11-12-21-23-17)18-10-9-16(22-18)14-15-6-2-1-3-7-15/h1-3,6-7,9-12,19,22H,4-5,8,13-14H2,(H,21,23). The van der Waals surface area contributed by atoms with Gasteiger partial charge in [0.25, 0.3) is 5.91 Å². The molecule has 1 saturated heterocycles. The van der Waals surface area contributed by atoms with Gasteiger partial charge >= 0.3 is 0 Å². The molecule has 0 spiro atoms. The first-order valence-electron chi connectivity index (χ1n) is 8.83. The van der Waals surface area contributed by atoms with Gasteiger partial charge in [-0.2, -0.15) is 5.10 Å². The molecule has 1 fully saturated rings. The molecule has 25 heavy (non-hydrogen) atoms. The third kappa shape index (κ3) is 3.36. The molecular weight excluding hydrogens is 312 g/mol. The second-order valence-electron chi connectivity index (χ2n) is 6.58. The van der Waals surface area contributed by atoms with Gasteiger partial charge in [0.2, 0.25) is 0 Å². The minimum absolute atomic E-state index is 0.0682. The molecule has 1 aliphatic rings. The van der Waals surface area contributed by atoms with Crippen molar-refractivity contribution in [3.8, 4) is 0 Å². The lowest BCUT2D eigenvalue weighted by atomic mass is 9.99. The molecule has 3 heterocycles. The highest BCUT2D eigenvalue weighted by atomic mass is 16.2. The summed E-state index contributed by atoms with van der Waals surface area (Å²) >= 11 is 0. The molecule has 1 aromatic carbocycles. The van der Waals surface area contributed by atoms with Crippen LogP contribution in [0.3, 0.4) is 0 Å². The maximum Gasteiger partial charge on any atom is 0.270 e. The van der Waals surface area contributed by atoms with Crippen molar-refractivity contribution < 1.29 is 4.79 Å². The Labute approximate surface area is 147 Å². The Hall–Kier alpha value is -2.82. The Morgan fingerprint density at radius 3 is 2.80 bits per heavy atom. The molecule has 4 rings (SSSR count). The molecule has 0 bridgehead atoms. The van der Waals surface area contributed by atoms with Gasteiger partial charge in [0, 0.05) is 24.9 Å². The molecule has 0 aliphatic carbocycles. The molecule has 128 valence electrons. The average molecular weight is 334 g/mol. The smallest absolute Gasteiger partial charge is 0.270 e. The molecule has 2 aromatic heterocycles. The Balaban J connectivity index is 1.52. The van der Waals surface area contributed by atoms with Crippen LogP contribution in [0.4, 0.5) is 0 Å². The van der Waals surface area contributed by atoms with E-state index in [2.05, 4.69) is 27.3 Å². The molecule has 1 atom stereocenters. The summed E-state index contributed by atoms with van der Waals surface area (Å²) in [5, 5.41) is 7.07. The zero-order valence-electron chi connectivity index (χ0n) is 14.1. The van der Waals surface area contributed by atoms with E-state index >= 15 is 0 Å². The summed E-state index contributed by atoms with van der Waals surface area (Å²) in [5.74, 6) is 0.0682. The number of benzene rings is 1. The number of rotatable bonds is 4. The number of hydrogen-bond donors (Lipinski definition) is 2. The van der Waals surface area contributed by atoms with Crippen molar-refractivity contribution in [3.63, 3.8) is 0 Å². The Bertz CT molecular complexity index is 823. The van der Waals surface area contributed by atoms with E-state index in [9.17, 15) is 4.79 Å². The third-order valence-electron chi connectivity index (χ3n) is 4.86. The van der Waals surface area contributed by atoms with Crippen LogP contribution < -0.4 is 0 Å². The summed E-state index contributed by atoms with van der Waals surface area (Å²) in [6.07, 6.45) is 5.72. The Morgan fingerprint density at radius 1 is 1.12 bits per heavy atom. The van der Waals surface area contributed by atoms with Gasteiger partial charge in [-0.3, -0.25) is 9.89 Å². The topological polar surface area (TPSA) is 64.8 Å². The van der Waals surface area contributed by atoms with E-state index in [-0.39, 0.29) is 11.9 Å². The van der Waals surface area contributed by atoms with Crippen molar-refractivity contribution in [2.24, 2.45) is 0 Å². The van der Waals surface area contributed by atoms with Crippen LogP contribution in [0, 0.1) is 0 Å². The average Bonchev–Trinajstić information content (AvgIpc) is 3.34. The lowest BCUT2D eigenvalue weighted by molar-refractivity contribution is 0.0600. The second-order valence-corrected chi connectivity index (χ2v) is 6.58. The summed E-state index contributed by atoms with van der Waals surface area (Å²) in [4.78, 5) is 18.3. The van der Waals surface area contributed by atoms with Gasteiger partial charge in [-0.25, -0.2) is 0 Å². The van der Waals surface area contributed by atoms with E-state index in [4.69, 9.17) is 0 Å². The van der Waals surface area contributed by atoms with Crippen molar-refractivity contribution in [1.82, 2.24) is 20.1 Å². The first-order valence-corrected chi connectivity index (χ1v) is 8.83. The van der Waals surface area contributed by atoms with Crippen molar-refractivity contribution in [3.05, 3.63) is 77.4 Å². The first-order chi connectivity index (χ1) is 12.3. The van der Waals surface area contributed by atoms with Gasteiger partial charge in [0.05, 0.1) is 11.7 Å². The lowest BCUT2D eigenvalue weighted by Gasteiger charge is -2.34. The lowest BCUT2D eigenvalue weighted by Crippen LogP contribution is -2.38. The predicted molar refractivity (Wildman–Crippen MR) is 96.3 cm³/mol. The highest BCUT2D eigenvalue weighted by molar-refractivity contribution is 5.93. The van der Waals surface area contributed by atoms with E-state index in [1.54, 1.807) is 6.20 Å². The van der Waals surface area contributed by atoms with Crippen LogP contribution in [-0.2, 0) is 6.42 Å². The zero-order valence-corrected chi connectivity index (χ0v) is 14.1. The number of piperidine rings is 1. The summed E-state index contributed by atoms with van der Waals surface area (Å²) in [6.45, 7) is 0.787. The van der Waals surface area contributed by atoms with E-state index in [1.165, 1.54) is 5.56 Å². The minimum atomic E-state index is 0.0682. The molecule has 1 unspecified atom stereocenters. The van der Waals surface area contributed by atoms with Crippen LogP contribution in [0.2, 0.25) is 0 Å². The monoisotopic (exact) mass is 334 g/mol. The van der Waals surface area contributed by atoms with Gasteiger partial charge < -0.3 is 9.88 Å². The summed E-state index contributed by atoms with van der Waals surface area (Å²) < 4.78 is 0. The number of hydrogen-bond acceptors (Lipinski definition) is 2. The van der Waals surface area contributed by atoms with Gasteiger partial charge in [-0.15, -0.1) is 0 Å². The Kier molecular flexibility index (Phi) is 4.37. The quantitative estimate of drug-likeness (QED) is 0.764. The van der Waals surface area contributed by atoms with E-state index in [0.29, 0.717) is 5.69 Å². The molecule has 5 heteroatoms. The summed E-state index contributed by atoms with van der Waals surface area (Å²) in [5.41, 5.74) is 3.97. The van der Waals surface area contributed by atoms with E-state index in [0.717, 1.165) is 43.6 Å². The molecule has 5 nitrogen and oxygen atoms in total. The number of amides is 1. The fourth-order valence-corrected chi connectivity index (χ4v) is 3.59. The van der Waals surface area contributed by atoms with Gasteiger partial charge in [-0.05, 0) is 43.0 Å². The number of H-pyrrole nitrogens is 2. The normalized spacial score (nSPS) is 17.6. The number of aromatic amines is 2. The van der Waals surface area contributed by atoms with Gasteiger partial charge in [0.1, 0.15) is 5.69 Å². The van der Waals surface area contributed by atoms with Crippen molar-refractivity contribution in [1.29, 1.82) is 0 Å². The van der Waals surface area contributed by atoms with Gasteiger partial charge in [-0.1, -0.05) is 30.3 Å². The number of nitrogens with one attached hydrogen (secondary N) is 2. The largest absolute Gasteiger partial charge is 0.354 e. The summed E-state index contributed by atoms with van der Waals surface area (Å²) in [7, 11) is 0. The van der Waals surface area contributed by atoms with Crippen molar-refractivity contribution in [2.75, 3.05) is 6.54 Å². The fourth-order valence-electron chi connectivity index (χ4n) is 3.59. The third-order valence-corrected chi connectivity index (χ3v) is 4.86. The minimum Gasteiger partial charge on any atom is -0.354 e. The van der Waals surface area contributed by atoms with Crippen LogP contribution >= 0.6 is 0 Å². The number of nitrogens with zero attached hydrogens (tertiary/aromatic N) is 2. The molecule has 2 N–H and O–H groups in total. The zero-order chi connectivity index (χ0) is 17.1. The fraction of sp³-hybridized carbons (Fsp3) is 0.300. The Morgan fingerprint density at radius 2 is 2.00 bits per heavy atom. The molecule has 3 aromatic rings. The SMILES string of the molecule is O=C(c1ccc(Cc2ccccc2)[nH]1)N1CCCCC1c1ccn[nH]1. The molecule has 0 saturated carbocycles. The number of carbonyl (C=O) groups is 1.